The van der Waals surface area contributed by atoms with Crippen LogP contribution in [0.3, 0.4) is 0 Å². The first-order chi connectivity index (χ1) is 13.2. The Hall–Kier alpha value is -2.28. The molecule has 3 heterocycles. The molecule has 3 aliphatic rings. The molecule has 4 rings (SSSR count). The van der Waals surface area contributed by atoms with E-state index in [4.69, 9.17) is 0 Å². The Kier molecular flexibility index (Phi) is 5.20. The molecule has 3 atom stereocenters. The number of fused-ring (bicyclic) bond motifs is 1. The maximum absolute atomic E-state index is 12.9. The molecule has 2 aliphatic heterocycles. The fourth-order valence-corrected chi connectivity index (χ4v) is 4.68. The van der Waals surface area contributed by atoms with Crippen molar-refractivity contribution < 1.29 is 14.4 Å². The zero-order valence-corrected chi connectivity index (χ0v) is 15.5. The summed E-state index contributed by atoms with van der Waals surface area (Å²) in [5.41, 5.74) is 0.998. The van der Waals surface area contributed by atoms with Crippen LogP contribution in [0.1, 0.15) is 43.7 Å². The molecule has 7 heteroatoms. The summed E-state index contributed by atoms with van der Waals surface area (Å²) in [5, 5.41) is 3.32. The molecule has 1 saturated carbocycles. The predicted octanol–water partition coefficient (Wildman–Crippen LogP) is 1.12. The number of carbonyl (C=O) groups excluding carboxylic acids is 3. The van der Waals surface area contributed by atoms with Crippen molar-refractivity contribution in [3.05, 3.63) is 30.1 Å². The third kappa shape index (κ3) is 3.48. The number of piperazine rings is 1. The van der Waals surface area contributed by atoms with E-state index in [2.05, 4.69) is 10.3 Å². The van der Waals surface area contributed by atoms with Gasteiger partial charge in [0.05, 0.1) is 17.9 Å². The number of pyridine rings is 1. The third-order valence-corrected chi connectivity index (χ3v) is 6.11. The summed E-state index contributed by atoms with van der Waals surface area (Å²) in [6.07, 6.45) is 7.34. The number of hydrogen-bond donors (Lipinski definition) is 1. The summed E-state index contributed by atoms with van der Waals surface area (Å²) in [4.78, 5) is 45.4. The average Bonchev–Trinajstić information content (AvgIpc) is 2.97. The summed E-state index contributed by atoms with van der Waals surface area (Å²) >= 11 is 0. The van der Waals surface area contributed by atoms with Gasteiger partial charge in [-0.3, -0.25) is 24.3 Å². The number of carbonyl (C=O) groups is 3. The Bertz CT molecular complexity index is 699. The van der Waals surface area contributed by atoms with Gasteiger partial charge < -0.3 is 10.2 Å². The van der Waals surface area contributed by atoms with Gasteiger partial charge in [-0.15, -0.1) is 0 Å². The molecule has 1 aromatic rings. The molecular weight excluding hydrogens is 344 g/mol. The topological polar surface area (TPSA) is 82.6 Å². The van der Waals surface area contributed by atoms with Crippen molar-refractivity contribution in [2.45, 2.75) is 38.1 Å². The minimum atomic E-state index is -0.149. The van der Waals surface area contributed by atoms with E-state index >= 15 is 0 Å². The number of nitrogens with zero attached hydrogens (tertiary/aromatic N) is 3. The van der Waals surface area contributed by atoms with Crippen LogP contribution >= 0.6 is 0 Å². The second-order valence-electron chi connectivity index (χ2n) is 7.67. The van der Waals surface area contributed by atoms with Crippen LogP contribution in [0.25, 0.3) is 0 Å². The van der Waals surface area contributed by atoms with Crippen LogP contribution in [0, 0.1) is 11.8 Å². The highest BCUT2D eigenvalue weighted by atomic mass is 16.2. The van der Waals surface area contributed by atoms with E-state index in [1.165, 1.54) is 4.90 Å². The predicted molar refractivity (Wildman–Crippen MR) is 98.3 cm³/mol. The molecule has 3 fully saturated rings. The number of aromatic nitrogens is 1. The molecule has 0 spiro atoms. The molecule has 0 radical (unpaired) electrons. The summed E-state index contributed by atoms with van der Waals surface area (Å²) in [6, 6.07) is 3.78. The van der Waals surface area contributed by atoms with Crippen molar-refractivity contribution in [1.82, 2.24) is 20.1 Å². The van der Waals surface area contributed by atoms with Gasteiger partial charge in [0.2, 0.25) is 17.7 Å². The molecule has 1 aliphatic carbocycles. The number of rotatable bonds is 4. The van der Waals surface area contributed by atoms with Crippen LogP contribution in [-0.4, -0.2) is 58.7 Å². The lowest BCUT2D eigenvalue weighted by Gasteiger charge is -2.36. The molecule has 27 heavy (non-hydrogen) atoms. The quantitative estimate of drug-likeness (QED) is 0.803. The summed E-state index contributed by atoms with van der Waals surface area (Å²) in [6.45, 7) is 2.25. The minimum absolute atomic E-state index is 0.0131. The molecule has 0 bridgehead atoms. The molecular formula is C20H26N4O3. The van der Waals surface area contributed by atoms with Gasteiger partial charge in [-0.1, -0.05) is 18.9 Å². The highest BCUT2D eigenvalue weighted by Gasteiger charge is 2.48. The van der Waals surface area contributed by atoms with E-state index in [1.807, 2.05) is 17.0 Å². The fourth-order valence-electron chi connectivity index (χ4n) is 4.68. The first kappa shape index (κ1) is 18.1. The Morgan fingerprint density at radius 2 is 1.93 bits per heavy atom. The molecule has 1 N–H and O–H groups in total. The molecule has 3 amide bonds. The van der Waals surface area contributed by atoms with Crippen LogP contribution < -0.4 is 5.32 Å². The largest absolute Gasteiger partial charge is 0.333 e. The van der Waals surface area contributed by atoms with Crippen molar-refractivity contribution >= 4 is 17.7 Å². The van der Waals surface area contributed by atoms with Crippen LogP contribution in [0.15, 0.2) is 24.5 Å². The maximum atomic E-state index is 12.9. The lowest BCUT2D eigenvalue weighted by Crippen LogP contribution is -2.49. The van der Waals surface area contributed by atoms with Crippen molar-refractivity contribution in [2.75, 3.05) is 26.2 Å². The number of imide groups is 1. The smallest absolute Gasteiger partial charge is 0.233 e. The van der Waals surface area contributed by atoms with Gasteiger partial charge in [-0.25, -0.2) is 0 Å². The SMILES string of the molecule is O=C1C2CCCCC2C(=O)N1CCC(=O)N1CCNCC1c1cccnc1. The molecule has 0 aromatic carbocycles. The molecule has 3 unspecified atom stereocenters. The second kappa shape index (κ2) is 7.76. The summed E-state index contributed by atoms with van der Waals surface area (Å²) < 4.78 is 0. The highest BCUT2D eigenvalue weighted by Crippen LogP contribution is 2.38. The van der Waals surface area contributed by atoms with E-state index in [-0.39, 0.29) is 48.6 Å². The first-order valence-electron chi connectivity index (χ1n) is 9.92. The Labute approximate surface area is 159 Å². The Balaban J connectivity index is 1.41. The second-order valence-corrected chi connectivity index (χ2v) is 7.67. The Morgan fingerprint density at radius 3 is 2.59 bits per heavy atom. The lowest BCUT2D eigenvalue weighted by molar-refractivity contribution is -0.141. The average molecular weight is 370 g/mol. The first-order valence-corrected chi connectivity index (χ1v) is 9.92. The Morgan fingerprint density at radius 1 is 1.19 bits per heavy atom. The zero-order valence-electron chi connectivity index (χ0n) is 15.5. The van der Waals surface area contributed by atoms with Gasteiger partial charge in [-0.2, -0.15) is 0 Å². The normalized spacial score (nSPS) is 28.4. The zero-order chi connectivity index (χ0) is 18.8. The van der Waals surface area contributed by atoms with Gasteiger partial charge in [-0.05, 0) is 24.5 Å². The number of amides is 3. The number of hydrogen-bond acceptors (Lipinski definition) is 5. The van der Waals surface area contributed by atoms with Crippen molar-refractivity contribution in [2.24, 2.45) is 11.8 Å². The van der Waals surface area contributed by atoms with Gasteiger partial charge in [0, 0.05) is 45.0 Å². The van der Waals surface area contributed by atoms with Crippen molar-refractivity contribution in [3.8, 4) is 0 Å². The minimum Gasteiger partial charge on any atom is -0.333 e. The van der Waals surface area contributed by atoms with Gasteiger partial charge in [0.1, 0.15) is 0 Å². The number of likely N-dealkylation sites (tertiary alicyclic amines) is 1. The van der Waals surface area contributed by atoms with E-state index in [0.29, 0.717) is 13.1 Å². The molecule has 1 aromatic heterocycles. The van der Waals surface area contributed by atoms with Gasteiger partial charge >= 0.3 is 0 Å². The third-order valence-electron chi connectivity index (χ3n) is 6.11. The van der Waals surface area contributed by atoms with Gasteiger partial charge in [0.15, 0.2) is 0 Å². The van der Waals surface area contributed by atoms with E-state index < -0.39 is 0 Å². The summed E-state index contributed by atoms with van der Waals surface area (Å²) in [7, 11) is 0. The summed E-state index contributed by atoms with van der Waals surface area (Å²) in [5.74, 6) is -0.448. The monoisotopic (exact) mass is 370 g/mol. The van der Waals surface area contributed by atoms with Crippen LogP contribution in [0.4, 0.5) is 0 Å². The number of nitrogens with one attached hydrogen (secondary N) is 1. The molecule has 2 saturated heterocycles. The standard InChI is InChI=1S/C20H26N4O3/c25-18(23-11-9-22-13-17(23)14-4-3-8-21-12-14)7-10-24-19(26)15-5-1-2-6-16(15)20(24)27/h3-4,8,12,15-17,22H,1-2,5-7,9-11,13H2. The highest BCUT2D eigenvalue weighted by molar-refractivity contribution is 6.05. The van der Waals surface area contributed by atoms with E-state index in [0.717, 1.165) is 37.8 Å². The van der Waals surface area contributed by atoms with Crippen molar-refractivity contribution in [3.63, 3.8) is 0 Å². The van der Waals surface area contributed by atoms with Crippen LogP contribution in [-0.2, 0) is 14.4 Å². The maximum Gasteiger partial charge on any atom is 0.233 e. The van der Waals surface area contributed by atoms with Crippen molar-refractivity contribution in [1.29, 1.82) is 0 Å². The molecule has 7 nitrogen and oxygen atoms in total. The van der Waals surface area contributed by atoms with E-state index in [9.17, 15) is 14.4 Å². The van der Waals surface area contributed by atoms with E-state index in [1.54, 1.807) is 12.4 Å². The van der Waals surface area contributed by atoms with Gasteiger partial charge in [0.25, 0.3) is 0 Å². The fraction of sp³-hybridized carbons (Fsp3) is 0.600. The van der Waals surface area contributed by atoms with Crippen LogP contribution in [0.2, 0.25) is 0 Å². The molecule has 144 valence electrons. The van der Waals surface area contributed by atoms with Crippen LogP contribution in [0.5, 0.6) is 0 Å². The lowest BCUT2D eigenvalue weighted by atomic mass is 9.81.